The maximum atomic E-state index is 13.2. The monoisotopic (exact) mass is 1050 g/mol. The molecule has 0 radical (unpaired) electrons. The number of benzene rings is 4. The second-order valence-electron chi connectivity index (χ2n) is 18.1. The van der Waals surface area contributed by atoms with Gasteiger partial charge in [0.25, 0.3) is 5.91 Å². The van der Waals surface area contributed by atoms with Crippen molar-refractivity contribution in [2.75, 3.05) is 73.0 Å². The van der Waals surface area contributed by atoms with Crippen LogP contribution in [0.2, 0.25) is 0 Å². The molecular weight excluding hydrogens is 995 g/mol. The first-order chi connectivity index (χ1) is 35.0. The van der Waals surface area contributed by atoms with E-state index in [2.05, 4.69) is 40.6 Å². The number of thiazole rings is 2. The van der Waals surface area contributed by atoms with Gasteiger partial charge in [0.1, 0.15) is 32.5 Å². The van der Waals surface area contributed by atoms with Crippen molar-refractivity contribution in [2.24, 2.45) is 5.73 Å². The molecule has 73 heavy (non-hydrogen) atoms. The Balaban J connectivity index is 0.000000189. The topological polar surface area (TPSA) is 150 Å². The third kappa shape index (κ3) is 12.4. The molecule has 13 nitrogen and oxygen atoms in total. The number of nitrogens with one attached hydrogen (secondary N) is 1. The third-order valence-electron chi connectivity index (χ3n) is 13.5. The van der Waals surface area contributed by atoms with Crippen molar-refractivity contribution in [2.45, 2.75) is 75.2 Å². The third-order valence-corrected chi connectivity index (χ3v) is 15.6. The van der Waals surface area contributed by atoms with Crippen LogP contribution in [0, 0.1) is 0 Å². The Morgan fingerprint density at radius 3 is 1.41 bits per heavy atom. The van der Waals surface area contributed by atoms with Gasteiger partial charge in [-0.15, -0.1) is 0 Å². The number of hydrogen-bond acceptors (Lipinski definition) is 13. The minimum absolute atomic E-state index is 0.142. The van der Waals surface area contributed by atoms with Crippen LogP contribution in [0.3, 0.4) is 0 Å². The summed E-state index contributed by atoms with van der Waals surface area (Å²) in [6.07, 6.45) is -1.22. The summed E-state index contributed by atoms with van der Waals surface area (Å²) in [7, 11) is 3.10. The Morgan fingerprint density at radius 1 is 0.616 bits per heavy atom. The lowest BCUT2D eigenvalue weighted by atomic mass is 9.88. The predicted molar refractivity (Wildman–Crippen MR) is 271 cm³/mol. The molecule has 0 unspecified atom stereocenters. The highest BCUT2D eigenvalue weighted by molar-refractivity contribution is 7.17. The summed E-state index contributed by atoms with van der Waals surface area (Å²) >= 11 is 2.54. The van der Waals surface area contributed by atoms with E-state index < -0.39 is 35.0 Å². The molecule has 0 aliphatic carbocycles. The van der Waals surface area contributed by atoms with Crippen LogP contribution in [0.25, 0.3) is 0 Å². The van der Waals surface area contributed by atoms with E-state index in [1.165, 1.54) is 60.2 Å². The fourth-order valence-electron chi connectivity index (χ4n) is 9.62. The molecule has 2 aromatic heterocycles. The maximum Gasteiger partial charge on any atom is 0.416 e. The number of amides is 1. The molecule has 2 fully saturated rings. The van der Waals surface area contributed by atoms with Gasteiger partial charge in [0.05, 0.1) is 34.9 Å². The number of carboxylic acid groups (broad SMARTS) is 1. The largest absolute Gasteiger partial charge is 0.485 e. The molecule has 388 valence electrons. The SMILES string of the molecule is CN.CNC(=O)c1cnc(N2CCC3(CC2)CCN(Cc2cccc(C(F)(F)F)c2)c2ccccc2O3)s1.O=C(O)c1cnc(N2CCC3(CC2)CCN(Cc2cccc(C(F)(F)F)c2)c2ccccc2O3)s1. The molecule has 0 saturated carbocycles. The number of halogens is 6. The highest BCUT2D eigenvalue weighted by Crippen LogP contribution is 2.44. The van der Waals surface area contributed by atoms with E-state index in [0.717, 1.165) is 91.8 Å². The van der Waals surface area contributed by atoms with E-state index in [9.17, 15) is 41.0 Å². The van der Waals surface area contributed by atoms with E-state index in [-0.39, 0.29) is 16.4 Å². The zero-order valence-corrected chi connectivity index (χ0v) is 41.8. The Hall–Kier alpha value is -6.58. The van der Waals surface area contributed by atoms with Crippen LogP contribution < -0.4 is 40.1 Å². The summed E-state index contributed by atoms with van der Waals surface area (Å²) in [6.45, 7) is 4.90. The van der Waals surface area contributed by atoms with Gasteiger partial charge in [-0.1, -0.05) is 71.2 Å². The quantitative estimate of drug-likeness (QED) is 0.125. The molecule has 4 aliphatic rings. The molecule has 4 aliphatic heterocycles. The molecule has 2 saturated heterocycles. The van der Waals surface area contributed by atoms with E-state index in [0.29, 0.717) is 60.4 Å². The van der Waals surface area contributed by atoms with Crippen LogP contribution in [-0.4, -0.2) is 91.5 Å². The number of para-hydroxylation sites is 4. The summed E-state index contributed by atoms with van der Waals surface area (Å²) in [6, 6.07) is 26.4. The molecular formula is C52H56F6N8O5S2. The lowest BCUT2D eigenvalue weighted by molar-refractivity contribution is -0.138. The molecule has 6 heterocycles. The van der Waals surface area contributed by atoms with Crippen molar-refractivity contribution >= 4 is 56.2 Å². The predicted octanol–water partition coefficient (Wildman–Crippen LogP) is 10.6. The Morgan fingerprint density at radius 2 is 1.01 bits per heavy atom. The van der Waals surface area contributed by atoms with Gasteiger partial charge in [-0.2, -0.15) is 26.3 Å². The fourth-order valence-corrected chi connectivity index (χ4v) is 11.3. The zero-order valence-electron chi connectivity index (χ0n) is 40.2. The number of anilines is 4. The Labute approximate surface area is 427 Å². The van der Waals surface area contributed by atoms with Crippen molar-refractivity contribution in [3.63, 3.8) is 0 Å². The summed E-state index contributed by atoms with van der Waals surface area (Å²) in [4.78, 5) is 41.1. The summed E-state index contributed by atoms with van der Waals surface area (Å²) in [5.74, 6) is 0.364. The fraction of sp³-hybridized carbons (Fsp3) is 0.385. The summed E-state index contributed by atoms with van der Waals surface area (Å²) in [5, 5.41) is 13.3. The van der Waals surface area contributed by atoms with Crippen molar-refractivity contribution in [1.82, 2.24) is 15.3 Å². The molecule has 1 amide bonds. The van der Waals surface area contributed by atoms with Gasteiger partial charge >= 0.3 is 18.3 Å². The molecule has 4 N–H and O–H groups in total. The molecule has 4 aromatic carbocycles. The standard InChI is InChI=1S/C26H27F3N4O2S.C25H24F3N3O3S.CH5N/c1-30-23(34)22-16-31-24(36-22)32-12-9-25(10-13-32)11-14-33(20-7-2-3-8-21(20)35-25)17-18-5-4-6-19(15-18)26(27,28)29;26-25(27,28)18-5-3-4-17(14-18)16-31-13-10-24(34-20-7-2-1-6-19(20)31)8-11-30(12-9-24)23-29-15-21(35-23)22(32)33;1-2/h2-8,15-16H,9-14,17H2,1H3,(H,30,34);1-7,14-15H,8-13,16H2,(H,32,33);2H2,1H3. The molecule has 2 spiro atoms. The second kappa shape index (κ2) is 22.3. The number of aromatic carboxylic acids is 1. The van der Waals surface area contributed by atoms with E-state index in [4.69, 9.17) is 9.47 Å². The number of ether oxygens (including phenoxy) is 2. The lowest BCUT2D eigenvalue weighted by Gasteiger charge is -2.41. The number of hydrogen-bond donors (Lipinski definition) is 3. The molecule has 10 rings (SSSR count). The Bertz CT molecular complexity index is 2840. The number of aromatic nitrogens is 2. The molecule has 0 bridgehead atoms. The number of carbonyl (C=O) groups is 2. The first-order valence-electron chi connectivity index (χ1n) is 23.8. The van der Waals surface area contributed by atoms with Gasteiger partial charge in [-0.25, -0.2) is 14.8 Å². The molecule has 0 atom stereocenters. The number of carboxylic acids is 1. The van der Waals surface area contributed by atoms with Crippen LogP contribution in [0.15, 0.2) is 109 Å². The van der Waals surface area contributed by atoms with Crippen LogP contribution in [0.1, 0.15) is 80.1 Å². The van der Waals surface area contributed by atoms with Gasteiger partial charge in [0, 0.05) is 97.9 Å². The second-order valence-corrected chi connectivity index (χ2v) is 20.1. The number of piperidine rings is 2. The highest BCUT2D eigenvalue weighted by atomic mass is 32.1. The zero-order chi connectivity index (χ0) is 52.0. The minimum atomic E-state index is -4.38. The van der Waals surface area contributed by atoms with Gasteiger partial charge in [-0.05, 0) is 66.7 Å². The van der Waals surface area contributed by atoms with Crippen molar-refractivity contribution in [1.29, 1.82) is 0 Å². The Kier molecular flexibility index (Phi) is 16.1. The number of fused-ring (bicyclic) bond motifs is 2. The lowest BCUT2D eigenvalue weighted by Crippen LogP contribution is -2.48. The molecule has 21 heteroatoms. The normalized spacial score (nSPS) is 17.1. The van der Waals surface area contributed by atoms with Gasteiger partial charge in [0.15, 0.2) is 10.3 Å². The maximum absolute atomic E-state index is 13.2. The first kappa shape index (κ1) is 52.7. The molecule has 6 aromatic rings. The van der Waals surface area contributed by atoms with Gasteiger partial charge < -0.3 is 45.2 Å². The van der Waals surface area contributed by atoms with Gasteiger partial charge in [-0.3, -0.25) is 4.79 Å². The number of alkyl halides is 6. The van der Waals surface area contributed by atoms with Crippen LogP contribution in [-0.2, 0) is 25.4 Å². The number of rotatable bonds is 8. The van der Waals surface area contributed by atoms with Crippen LogP contribution in [0.4, 0.5) is 48.0 Å². The number of carbonyl (C=O) groups excluding carboxylic acids is 1. The van der Waals surface area contributed by atoms with Crippen molar-refractivity contribution < 1.29 is 50.5 Å². The van der Waals surface area contributed by atoms with Gasteiger partial charge in [0.2, 0.25) is 0 Å². The summed E-state index contributed by atoms with van der Waals surface area (Å²) in [5.41, 5.74) is 5.42. The van der Waals surface area contributed by atoms with Crippen LogP contribution in [0.5, 0.6) is 11.5 Å². The number of nitrogens with zero attached hydrogens (tertiary/aromatic N) is 6. The van der Waals surface area contributed by atoms with E-state index >= 15 is 0 Å². The summed E-state index contributed by atoms with van der Waals surface area (Å²) < 4.78 is 92.6. The van der Waals surface area contributed by atoms with Crippen molar-refractivity contribution in [3.8, 4) is 11.5 Å². The van der Waals surface area contributed by atoms with Crippen LogP contribution >= 0.6 is 22.7 Å². The number of nitrogens with two attached hydrogens (primary N) is 1. The van der Waals surface area contributed by atoms with Crippen molar-refractivity contribution in [3.05, 3.63) is 141 Å². The van der Waals surface area contributed by atoms with E-state index in [1.54, 1.807) is 25.4 Å². The first-order valence-corrected chi connectivity index (χ1v) is 25.5. The average molecular weight is 1050 g/mol. The average Bonchev–Trinajstić information content (AvgIpc) is 4.04. The smallest absolute Gasteiger partial charge is 0.416 e. The van der Waals surface area contributed by atoms with E-state index in [1.807, 2.05) is 48.5 Å². The highest BCUT2D eigenvalue weighted by Gasteiger charge is 2.42. The minimum Gasteiger partial charge on any atom is -0.485 e.